The molecule has 0 aromatic heterocycles. The quantitative estimate of drug-likeness (QED) is 0.540. The first-order valence-electron chi connectivity index (χ1n) is 9.30. The van der Waals surface area contributed by atoms with Crippen LogP contribution in [0.15, 0.2) is 4.99 Å². The van der Waals surface area contributed by atoms with Crippen molar-refractivity contribution >= 4 is 6.21 Å². The molecule has 0 aliphatic carbocycles. The number of hydrogen-bond acceptors (Lipinski definition) is 1. The summed E-state index contributed by atoms with van der Waals surface area (Å²) in [4.78, 5) is 5.03. The average molecular weight is 280 g/mol. The van der Waals surface area contributed by atoms with Gasteiger partial charge in [-0.25, -0.2) is 0 Å². The van der Waals surface area contributed by atoms with Gasteiger partial charge >= 0.3 is 0 Å². The predicted molar refractivity (Wildman–Crippen MR) is 91.8 cm³/mol. The Morgan fingerprint density at radius 2 is 1.70 bits per heavy atom. The Morgan fingerprint density at radius 1 is 1.00 bits per heavy atom. The minimum absolute atomic E-state index is 0.405. The van der Waals surface area contributed by atoms with Crippen molar-refractivity contribution in [1.82, 2.24) is 0 Å². The summed E-state index contributed by atoms with van der Waals surface area (Å²) in [5.74, 6) is 0. The van der Waals surface area contributed by atoms with E-state index in [0.29, 0.717) is 11.5 Å². The van der Waals surface area contributed by atoms with E-state index in [0.717, 1.165) is 0 Å². The molecule has 1 aliphatic heterocycles. The van der Waals surface area contributed by atoms with Gasteiger partial charge in [-0.3, -0.25) is 4.99 Å². The van der Waals surface area contributed by atoms with Crippen molar-refractivity contribution in [2.75, 3.05) is 0 Å². The van der Waals surface area contributed by atoms with Crippen LogP contribution >= 0.6 is 0 Å². The average Bonchev–Trinajstić information content (AvgIpc) is 2.47. The van der Waals surface area contributed by atoms with Crippen LogP contribution in [-0.4, -0.2) is 12.3 Å². The smallest absolute Gasteiger partial charge is 0.0493 e. The minimum Gasteiger partial charge on any atom is -0.294 e. The van der Waals surface area contributed by atoms with Crippen LogP contribution in [0.3, 0.4) is 0 Å². The summed E-state index contributed by atoms with van der Waals surface area (Å²) in [6.45, 7) is 6.98. The van der Waals surface area contributed by atoms with E-state index in [9.17, 15) is 0 Å². The molecule has 118 valence electrons. The molecule has 0 saturated carbocycles. The van der Waals surface area contributed by atoms with Crippen LogP contribution in [0.5, 0.6) is 0 Å². The molecule has 0 amide bonds. The van der Waals surface area contributed by atoms with Crippen molar-refractivity contribution in [2.45, 2.75) is 110 Å². The first-order chi connectivity index (χ1) is 9.76. The molecule has 0 N–H and O–H groups in total. The maximum absolute atomic E-state index is 5.03. The van der Waals surface area contributed by atoms with Crippen LogP contribution in [0.4, 0.5) is 0 Å². The molecule has 2 unspecified atom stereocenters. The molecule has 0 bridgehead atoms. The van der Waals surface area contributed by atoms with E-state index < -0.39 is 0 Å². The molecule has 0 fully saturated rings. The van der Waals surface area contributed by atoms with E-state index in [1.54, 1.807) is 0 Å². The summed E-state index contributed by atoms with van der Waals surface area (Å²) < 4.78 is 0. The van der Waals surface area contributed by atoms with Crippen molar-refractivity contribution in [3.63, 3.8) is 0 Å². The second kappa shape index (κ2) is 10.4. The predicted octanol–water partition coefficient (Wildman–Crippen LogP) is 6.56. The summed E-state index contributed by atoms with van der Waals surface area (Å²) in [6, 6.07) is 0.585. The normalized spacial score (nSPS) is 29.6. The Labute approximate surface area is 127 Å². The fourth-order valence-corrected chi connectivity index (χ4v) is 3.44. The molecule has 0 radical (unpaired) electrons. The molecule has 20 heavy (non-hydrogen) atoms. The van der Waals surface area contributed by atoms with Gasteiger partial charge in [0.2, 0.25) is 0 Å². The Morgan fingerprint density at radius 3 is 2.35 bits per heavy atom. The van der Waals surface area contributed by atoms with E-state index in [1.165, 1.54) is 83.5 Å². The summed E-state index contributed by atoms with van der Waals surface area (Å²) >= 11 is 0. The third-order valence-electron chi connectivity index (χ3n) is 5.22. The number of unbranched alkanes of at least 4 members (excludes halogenated alkanes) is 1. The molecule has 1 heterocycles. The van der Waals surface area contributed by atoms with Crippen LogP contribution in [0, 0.1) is 5.41 Å². The lowest BCUT2D eigenvalue weighted by atomic mass is 9.76. The zero-order valence-corrected chi connectivity index (χ0v) is 14.3. The van der Waals surface area contributed by atoms with Crippen molar-refractivity contribution in [3.05, 3.63) is 0 Å². The minimum atomic E-state index is 0.405. The molecule has 1 nitrogen and oxygen atoms in total. The number of hydrogen-bond donors (Lipinski definition) is 0. The van der Waals surface area contributed by atoms with Crippen LogP contribution in [-0.2, 0) is 0 Å². The molecule has 2 atom stereocenters. The van der Waals surface area contributed by atoms with E-state index >= 15 is 0 Å². The second-order valence-electron chi connectivity index (χ2n) is 6.82. The molecule has 0 saturated heterocycles. The summed E-state index contributed by atoms with van der Waals surface area (Å²) in [6.07, 6.45) is 20.1. The van der Waals surface area contributed by atoms with Crippen molar-refractivity contribution in [2.24, 2.45) is 10.4 Å². The highest BCUT2D eigenvalue weighted by Crippen LogP contribution is 2.34. The third kappa shape index (κ3) is 6.41. The Balaban J connectivity index is 2.75. The van der Waals surface area contributed by atoms with Gasteiger partial charge in [0, 0.05) is 17.7 Å². The monoisotopic (exact) mass is 279 g/mol. The van der Waals surface area contributed by atoms with Crippen LogP contribution in [0.25, 0.3) is 0 Å². The highest BCUT2D eigenvalue weighted by molar-refractivity contribution is 5.66. The fraction of sp³-hybridized carbons (Fsp3) is 0.947. The molecule has 0 spiro atoms. The molecule has 1 heteroatoms. The molecule has 0 aromatic rings. The van der Waals surface area contributed by atoms with Crippen molar-refractivity contribution in [1.29, 1.82) is 0 Å². The Kier molecular flexibility index (Phi) is 9.22. The van der Waals surface area contributed by atoms with Crippen LogP contribution < -0.4 is 0 Å². The van der Waals surface area contributed by atoms with Crippen LogP contribution in [0.2, 0.25) is 0 Å². The Hall–Kier alpha value is -0.330. The summed E-state index contributed by atoms with van der Waals surface area (Å²) in [5, 5.41) is 0. The lowest BCUT2D eigenvalue weighted by Crippen LogP contribution is -2.23. The zero-order valence-electron chi connectivity index (χ0n) is 14.3. The highest BCUT2D eigenvalue weighted by atomic mass is 14.8. The highest BCUT2D eigenvalue weighted by Gasteiger charge is 2.25. The van der Waals surface area contributed by atoms with Gasteiger partial charge in [-0.15, -0.1) is 0 Å². The van der Waals surface area contributed by atoms with Gasteiger partial charge in [-0.05, 0) is 32.1 Å². The van der Waals surface area contributed by atoms with Gasteiger partial charge in [0.1, 0.15) is 0 Å². The number of rotatable bonds is 5. The van der Waals surface area contributed by atoms with Crippen molar-refractivity contribution in [3.8, 4) is 0 Å². The van der Waals surface area contributed by atoms with E-state index in [-0.39, 0.29) is 0 Å². The van der Waals surface area contributed by atoms with Gasteiger partial charge in [0.05, 0.1) is 0 Å². The maximum Gasteiger partial charge on any atom is 0.0493 e. The van der Waals surface area contributed by atoms with Gasteiger partial charge in [0.15, 0.2) is 0 Å². The largest absolute Gasteiger partial charge is 0.294 e. The van der Waals surface area contributed by atoms with E-state index in [4.69, 9.17) is 4.99 Å². The topological polar surface area (TPSA) is 12.4 Å². The molecule has 0 aromatic carbocycles. The van der Waals surface area contributed by atoms with Gasteiger partial charge in [-0.2, -0.15) is 0 Å². The second-order valence-corrected chi connectivity index (χ2v) is 6.82. The van der Waals surface area contributed by atoms with E-state index in [2.05, 4.69) is 27.0 Å². The fourth-order valence-electron chi connectivity index (χ4n) is 3.44. The molecule has 1 rings (SSSR count). The number of nitrogens with zero attached hydrogens (tertiary/aromatic N) is 1. The summed E-state index contributed by atoms with van der Waals surface area (Å²) in [5.41, 5.74) is 0.405. The number of aliphatic imine (C=N–C) groups is 1. The van der Waals surface area contributed by atoms with Gasteiger partial charge in [-0.1, -0.05) is 72.1 Å². The maximum atomic E-state index is 5.03. The molecular weight excluding hydrogens is 242 g/mol. The first kappa shape index (κ1) is 17.7. The van der Waals surface area contributed by atoms with E-state index in [1.807, 2.05) is 0 Å². The van der Waals surface area contributed by atoms with Gasteiger partial charge in [0.25, 0.3) is 0 Å². The lowest BCUT2D eigenvalue weighted by Gasteiger charge is -2.30. The lowest BCUT2D eigenvalue weighted by molar-refractivity contribution is 0.321. The standard InChI is InChI=1S/C19H37N/c1-4-7-15-19(6-3)16-13-11-9-8-10-12-14-18(5-2)20-17-19/h17-18H,4-16H2,1-3H3. The SMILES string of the molecule is CCCCC1(CC)C=NC(CC)CCCCCCCC1. The zero-order chi connectivity index (χ0) is 14.7. The van der Waals surface area contributed by atoms with Gasteiger partial charge < -0.3 is 0 Å². The summed E-state index contributed by atoms with van der Waals surface area (Å²) in [7, 11) is 0. The first-order valence-corrected chi connectivity index (χ1v) is 9.30. The third-order valence-corrected chi connectivity index (χ3v) is 5.22. The Bertz CT molecular complexity index is 258. The molecule has 1 aliphatic rings. The molecular formula is C19H37N. The van der Waals surface area contributed by atoms with Crippen molar-refractivity contribution < 1.29 is 0 Å². The van der Waals surface area contributed by atoms with Crippen LogP contribution in [0.1, 0.15) is 104 Å².